The largest absolute Gasteiger partial charge is 1.00 e. The SMILES string of the molecule is CC([NH-])C1OCC(N)CO1.[Rb+]. The molecule has 1 aliphatic rings. The molecule has 0 aromatic rings. The summed E-state index contributed by atoms with van der Waals surface area (Å²) >= 11 is 0. The molecule has 1 saturated heterocycles. The third-order valence-corrected chi connectivity index (χ3v) is 1.36. The van der Waals surface area contributed by atoms with Gasteiger partial charge in [0.25, 0.3) is 0 Å². The molecule has 5 heteroatoms. The van der Waals surface area contributed by atoms with Crippen LogP contribution in [0.3, 0.4) is 0 Å². The molecular weight excluding hydrogens is 218 g/mol. The normalized spacial score (nSPS) is 34.1. The van der Waals surface area contributed by atoms with E-state index in [1.807, 2.05) is 0 Å². The van der Waals surface area contributed by atoms with Crippen molar-refractivity contribution in [2.24, 2.45) is 5.73 Å². The van der Waals surface area contributed by atoms with Gasteiger partial charge in [-0.2, -0.15) is 0 Å². The number of rotatable bonds is 1. The molecule has 1 rings (SSSR count). The van der Waals surface area contributed by atoms with Crippen molar-refractivity contribution in [3.05, 3.63) is 5.73 Å². The minimum Gasteiger partial charge on any atom is -0.671 e. The van der Waals surface area contributed by atoms with Crippen LogP contribution in [0.2, 0.25) is 0 Å². The third kappa shape index (κ3) is 4.43. The Kier molecular flexibility index (Phi) is 7.07. The maximum absolute atomic E-state index is 7.25. The van der Waals surface area contributed by atoms with E-state index in [9.17, 15) is 0 Å². The summed E-state index contributed by atoms with van der Waals surface area (Å²) in [6, 6.07) is -0.345. The van der Waals surface area contributed by atoms with E-state index >= 15 is 0 Å². The van der Waals surface area contributed by atoms with Gasteiger partial charge < -0.3 is 20.9 Å². The molecule has 1 unspecified atom stereocenters. The van der Waals surface area contributed by atoms with Crippen LogP contribution in [0.25, 0.3) is 5.73 Å². The second-order valence-electron chi connectivity index (χ2n) is 2.58. The Labute approximate surface area is 116 Å². The molecule has 60 valence electrons. The van der Waals surface area contributed by atoms with Gasteiger partial charge >= 0.3 is 58.2 Å². The summed E-state index contributed by atoms with van der Waals surface area (Å²) < 4.78 is 10.2. The third-order valence-electron chi connectivity index (χ3n) is 1.36. The quantitative estimate of drug-likeness (QED) is 0.527. The van der Waals surface area contributed by atoms with E-state index in [-0.39, 0.29) is 76.6 Å². The molecule has 0 saturated carbocycles. The molecule has 1 fully saturated rings. The Morgan fingerprint density at radius 2 is 1.91 bits per heavy atom. The summed E-state index contributed by atoms with van der Waals surface area (Å²) in [6.45, 7) is 2.75. The molecule has 0 spiro atoms. The van der Waals surface area contributed by atoms with Gasteiger partial charge in [0.2, 0.25) is 0 Å². The van der Waals surface area contributed by atoms with E-state index in [0.29, 0.717) is 13.2 Å². The molecule has 0 aromatic carbocycles. The first kappa shape index (κ1) is 12.6. The average molecular weight is 231 g/mol. The van der Waals surface area contributed by atoms with E-state index in [2.05, 4.69) is 0 Å². The number of hydrogen-bond donors (Lipinski definition) is 1. The maximum atomic E-state index is 7.25. The van der Waals surface area contributed by atoms with Gasteiger partial charge in [0.15, 0.2) is 0 Å². The zero-order valence-corrected chi connectivity index (χ0v) is 12.0. The Balaban J connectivity index is 0.000001000. The van der Waals surface area contributed by atoms with Crippen LogP contribution in [-0.4, -0.2) is 31.6 Å². The zero-order valence-electron chi connectivity index (χ0n) is 7.04. The molecule has 0 radical (unpaired) electrons. The standard InChI is InChI=1S/C6H13N2O2.Rb/c1-4(7)6-9-2-5(8)3-10-6;/h4-7H,2-3,8H2,1H3;/q-1;+1. The number of ether oxygens (including phenoxy) is 2. The van der Waals surface area contributed by atoms with Crippen molar-refractivity contribution < 1.29 is 67.7 Å². The van der Waals surface area contributed by atoms with Crippen molar-refractivity contribution in [3.8, 4) is 0 Å². The summed E-state index contributed by atoms with van der Waals surface area (Å²) in [5, 5.41) is 0. The number of nitrogens with one attached hydrogen (secondary N) is 1. The van der Waals surface area contributed by atoms with E-state index in [1.54, 1.807) is 6.92 Å². The van der Waals surface area contributed by atoms with Crippen LogP contribution < -0.4 is 63.9 Å². The van der Waals surface area contributed by atoms with Crippen molar-refractivity contribution in [2.45, 2.75) is 25.3 Å². The van der Waals surface area contributed by atoms with Crippen LogP contribution >= 0.6 is 0 Å². The fourth-order valence-corrected chi connectivity index (χ4v) is 0.822. The summed E-state index contributed by atoms with van der Waals surface area (Å²) in [5.74, 6) is 0. The summed E-state index contributed by atoms with van der Waals surface area (Å²) in [5.41, 5.74) is 12.7. The van der Waals surface area contributed by atoms with Crippen LogP contribution in [0.4, 0.5) is 0 Å². The van der Waals surface area contributed by atoms with Gasteiger partial charge in [-0.3, -0.25) is 0 Å². The van der Waals surface area contributed by atoms with Crippen LogP contribution in [0.1, 0.15) is 6.92 Å². The van der Waals surface area contributed by atoms with Gasteiger partial charge in [-0.1, -0.05) is 13.0 Å². The molecule has 1 heterocycles. The van der Waals surface area contributed by atoms with Crippen LogP contribution in [0.5, 0.6) is 0 Å². The molecule has 11 heavy (non-hydrogen) atoms. The molecule has 4 nitrogen and oxygen atoms in total. The average Bonchev–Trinajstić information content (AvgIpc) is 1.88. The first-order valence-electron chi connectivity index (χ1n) is 3.40. The molecule has 0 aliphatic carbocycles. The van der Waals surface area contributed by atoms with Gasteiger partial charge in [-0.15, -0.1) is 0 Å². The fourth-order valence-electron chi connectivity index (χ4n) is 0.822. The first-order valence-corrected chi connectivity index (χ1v) is 3.40. The Hall–Kier alpha value is 1.65. The monoisotopic (exact) mass is 230 g/mol. The molecule has 0 amide bonds. The van der Waals surface area contributed by atoms with Gasteiger partial charge in [0.1, 0.15) is 6.29 Å². The van der Waals surface area contributed by atoms with Crippen LogP contribution in [0.15, 0.2) is 0 Å². The van der Waals surface area contributed by atoms with E-state index in [4.69, 9.17) is 20.9 Å². The summed E-state index contributed by atoms with van der Waals surface area (Å²) in [4.78, 5) is 0. The molecule has 0 aromatic heterocycles. The summed E-state index contributed by atoms with van der Waals surface area (Å²) in [6.07, 6.45) is -0.375. The second-order valence-corrected chi connectivity index (χ2v) is 2.58. The molecular formula is C6H13N2O2Rb. The van der Waals surface area contributed by atoms with Gasteiger partial charge in [0.05, 0.1) is 19.3 Å². The topological polar surface area (TPSA) is 68.3 Å². The molecule has 0 bridgehead atoms. The summed E-state index contributed by atoms with van der Waals surface area (Å²) in [7, 11) is 0. The van der Waals surface area contributed by atoms with Crippen molar-refractivity contribution in [1.29, 1.82) is 0 Å². The van der Waals surface area contributed by atoms with E-state index in [0.717, 1.165) is 0 Å². The number of nitrogens with two attached hydrogens (primary N) is 1. The Morgan fingerprint density at radius 1 is 1.45 bits per heavy atom. The Morgan fingerprint density at radius 3 is 2.27 bits per heavy atom. The van der Waals surface area contributed by atoms with Crippen molar-refractivity contribution in [1.82, 2.24) is 0 Å². The van der Waals surface area contributed by atoms with Gasteiger partial charge in [-0.05, 0) is 0 Å². The molecule has 1 aliphatic heterocycles. The smallest absolute Gasteiger partial charge is 0.671 e. The van der Waals surface area contributed by atoms with Gasteiger partial charge in [0, 0.05) is 0 Å². The minimum atomic E-state index is -0.375. The van der Waals surface area contributed by atoms with Crippen molar-refractivity contribution in [2.75, 3.05) is 13.2 Å². The van der Waals surface area contributed by atoms with Crippen LogP contribution in [0, 0.1) is 0 Å². The Bertz CT molecular complexity index is 105. The first-order chi connectivity index (χ1) is 4.70. The predicted molar refractivity (Wildman–Crippen MR) is 37.5 cm³/mol. The number of hydrogen-bond acceptors (Lipinski definition) is 3. The van der Waals surface area contributed by atoms with E-state index in [1.165, 1.54) is 0 Å². The molecule has 1 atom stereocenters. The predicted octanol–water partition coefficient (Wildman–Crippen LogP) is -2.87. The zero-order chi connectivity index (χ0) is 7.56. The van der Waals surface area contributed by atoms with Crippen molar-refractivity contribution in [3.63, 3.8) is 0 Å². The second kappa shape index (κ2) is 6.15. The van der Waals surface area contributed by atoms with Crippen molar-refractivity contribution >= 4 is 0 Å². The van der Waals surface area contributed by atoms with Crippen LogP contribution in [-0.2, 0) is 9.47 Å². The van der Waals surface area contributed by atoms with Gasteiger partial charge in [-0.25, -0.2) is 0 Å². The molecule has 3 N–H and O–H groups in total. The minimum absolute atomic E-state index is 0. The fraction of sp³-hybridized carbons (Fsp3) is 1.00. The van der Waals surface area contributed by atoms with E-state index < -0.39 is 0 Å². The maximum Gasteiger partial charge on any atom is 1.00 e.